The zero-order valence-electron chi connectivity index (χ0n) is 31.8. The third kappa shape index (κ3) is 9.08. The average Bonchev–Trinajstić information content (AvgIpc) is 3.36. The van der Waals surface area contributed by atoms with Crippen molar-refractivity contribution in [2.75, 3.05) is 20.8 Å². The van der Waals surface area contributed by atoms with Gasteiger partial charge < -0.3 is 43.4 Å². The summed E-state index contributed by atoms with van der Waals surface area (Å²) in [6.07, 6.45) is -3.63. The summed E-state index contributed by atoms with van der Waals surface area (Å²) in [4.78, 5) is 77.8. The minimum atomic E-state index is -3.49. The Labute approximate surface area is 314 Å². The highest BCUT2D eigenvalue weighted by molar-refractivity contribution is 6.01. The number of rotatable bonds is 20. The van der Waals surface area contributed by atoms with Crippen molar-refractivity contribution in [3.05, 3.63) is 60.2 Å². The van der Waals surface area contributed by atoms with Crippen LogP contribution in [0.1, 0.15) is 65.9 Å². The van der Waals surface area contributed by atoms with Crippen molar-refractivity contribution in [1.82, 2.24) is 0 Å². The summed E-state index contributed by atoms with van der Waals surface area (Å²) < 4.78 is 37.8. The molecule has 298 valence electrons. The van der Waals surface area contributed by atoms with Crippen molar-refractivity contribution in [2.24, 2.45) is 17.8 Å². The Kier molecular flexibility index (Phi) is 15.3. The Hall–Kier alpha value is -4.44. The van der Waals surface area contributed by atoms with Crippen LogP contribution in [-0.2, 0) is 68.3 Å². The Morgan fingerprint density at radius 3 is 2.26 bits per heavy atom. The molecule has 0 aromatic heterocycles. The summed E-state index contributed by atoms with van der Waals surface area (Å²) in [5, 5.41) is 24.3. The zero-order chi connectivity index (χ0) is 40.4. The van der Waals surface area contributed by atoms with E-state index in [4.69, 9.17) is 28.4 Å². The predicted octanol–water partition coefficient (Wildman–Crippen LogP) is 2.72. The summed E-state index contributed by atoms with van der Waals surface area (Å²) in [6, 6.07) is 9.41. The van der Waals surface area contributed by atoms with E-state index in [1.807, 2.05) is 58.0 Å². The van der Waals surface area contributed by atoms with Crippen LogP contribution in [0.4, 0.5) is 0 Å². The van der Waals surface area contributed by atoms with E-state index in [2.05, 4.69) is 11.3 Å². The van der Waals surface area contributed by atoms with Crippen LogP contribution in [-0.4, -0.2) is 109 Å². The van der Waals surface area contributed by atoms with Gasteiger partial charge in [0.15, 0.2) is 18.8 Å². The van der Waals surface area contributed by atoms with Crippen LogP contribution in [0.2, 0.25) is 0 Å². The summed E-state index contributed by atoms with van der Waals surface area (Å²) in [7, 11) is 1.71. The SMILES string of the molecule is C=C(CC[C@@]12O[C@H](C(=O)COC=O)[C@@](O)(C(=O)OC)[C@@](C(=O)OC)(O1)[C@H](OC(=O)/C=C/[C@@H](C)C[C@@H](C)CC)[C@H]2O)[C@@H](OC(C)=O)[C@H](C)Cc1ccccc1. The Balaban J connectivity index is 2.14. The van der Waals surface area contributed by atoms with Crippen molar-refractivity contribution >= 4 is 36.1 Å². The second-order valence-electron chi connectivity index (χ2n) is 14.0. The molecular weight excluding hydrogens is 708 g/mol. The molecule has 2 aliphatic heterocycles. The van der Waals surface area contributed by atoms with Crippen LogP contribution in [0.15, 0.2) is 54.6 Å². The number of carbonyl (C=O) groups is 6. The molecule has 15 nitrogen and oxygen atoms in total. The van der Waals surface area contributed by atoms with Gasteiger partial charge in [-0.05, 0) is 42.2 Å². The highest BCUT2D eigenvalue weighted by atomic mass is 16.8. The molecule has 2 N–H and O–H groups in total. The maximum Gasteiger partial charge on any atom is 0.346 e. The molecule has 0 saturated carbocycles. The van der Waals surface area contributed by atoms with E-state index in [0.717, 1.165) is 38.7 Å². The minimum Gasteiger partial charge on any atom is -0.467 e. The van der Waals surface area contributed by atoms with Gasteiger partial charge in [-0.15, -0.1) is 0 Å². The summed E-state index contributed by atoms with van der Waals surface area (Å²) >= 11 is 0. The largest absolute Gasteiger partial charge is 0.467 e. The Morgan fingerprint density at radius 2 is 1.69 bits per heavy atom. The maximum absolute atomic E-state index is 13.9. The van der Waals surface area contributed by atoms with Gasteiger partial charge in [-0.2, -0.15) is 0 Å². The fourth-order valence-electron chi connectivity index (χ4n) is 7.12. The number of allylic oxidation sites excluding steroid dienone is 1. The quantitative estimate of drug-likeness (QED) is 0.0644. The molecule has 0 radical (unpaired) electrons. The molecule has 2 bridgehead atoms. The third-order valence-electron chi connectivity index (χ3n) is 9.99. The van der Waals surface area contributed by atoms with E-state index in [1.165, 1.54) is 6.92 Å². The van der Waals surface area contributed by atoms with Gasteiger partial charge in [-0.3, -0.25) is 14.4 Å². The van der Waals surface area contributed by atoms with Gasteiger partial charge in [0.25, 0.3) is 12.1 Å². The molecule has 0 spiro atoms. The third-order valence-corrected chi connectivity index (χ3v) is 9.99. The lowest BCUT2D eigenvalue weighted by atomic mass is 9.73. The number of hydrogen-bond acceptors (Lipinski definition) is 15. The summed E-state index contributed by atoms with van der Waals surface area (Å²) in [5.74, 6) is -8.71. The van der Waals surface area contributed by atoms with Gasteiger partial charge in [0.2, 0.25) is 17.2 Å². The van der Waals surface area contributed by atoms with Crippen LogP contribution in [0.5, 0.6) is 0 Å². The van der Waals surface area contributed by atoms with E-state index in [-0.39, 0.29) is 24.7 Å². The first-order valence-electron chi connectivity index (χ1n) is 17.8. The van der Waals surface area contributed by atoms with E-state index in [9.17, 15) is 39.0 Å². The molecule has 15 heteroatoms. The number of esters is 4. The lowest BCUT2D eigenvalue weighted by Crippen LogP contribution is -2.78. The normalized spacial score (nSPS) is 28.2. The van der Waals surface area contributed by atoms with Gasteiger partial charge in [-0.25, -0.2) is 14.4 Å². The van der Waals surface area contributed by atoms with Gasteiger partial charge >= 0.3 is 23.9 Å². The van der Waals surface area contributed by atoms with Gasteiger partial charge in [0, 0.05) is 25.3 Å². The monoisotopic (exact) mass is 760 g/mol. The predicted molar refractivity (Wildman–Crippen MR) is 189 cm³/mol. The second kappa shape index (κ2) is 18.7. The number of aliphatic hydroxyl groups excluding tert-OH is 1. The van der Waals surface area contributed by atoms with Crippen LogP contribution in [0.25, 0.3) is 0 Å². The molecule has 2 saturated heterocycles. The van der Waals surface area contributed by atoms with Crippen LogP contribution in [0.3, 0.4) is 0 Å². The molecule has 2 fully saturated rings. The molecule has 54 heavy (non-hydrogen) atoms. The molecule has 0 unspecified atom stereocenters. The molecule has 10 atom stereocenters. The first-order valence-corrected chi connectivity index (χ1v) is 17.8. The number of carbonyl (C=O) groups excluding carboxylic acids is 6. The van der Waals surface area contributed by atoms with Crippen molar-refractivity contribution in [1.29, 1.82) is 0 Å². The van der Waals surface area contributed by atoms with Gasteiger partial charge in [0.1, 0.15) is 12.2 Å². The van der Waals surface area contributed by atoms with Crippen molar-refractivity contribution < 1.29 is 72.1 Å². The number of ether oxygens (including phenoxy) is 7. The molecular formula is C39H52O15. The lowest BCUT2D eigenvalue weighted by molar-refractivity contribution is -0.372. The van der Waals surface area contributed by atoms with E-state index in [1.54, 1.807) is 6.08 Å². The molecule has 2 aliphatic rings. The minimum absolute atomic E-state index is 0.0708. The fraction of sp³-hybridized carbons (Fsp3) is 0.590. The zero-order valence-corrected chi connectivity index (χ0v) is 31.8. The van der Waals surface area contributed by atoms with E-state index in [0.29, 0.717) is 17.9 Å². The number of hydrogen-bond donors (Lipinski definition) is 2. The topological polar surface area (TPSA) is 207 Å². The van der Waals surface area contributed by atoms with E-state index >= 15 is 0 Å². The lowest BCUT2D eigenvalue weighted by Gasteiger charge is -2.50. The van der Waals surface area contributed by atoms with Crippen molar-refractivity contribution in [3.8, 4) is 0 Å². The fourth-order valence-corrected chi connectivity index (χ4v) is 7.12. The molecule has 3 rings (SSSR count). The van der Waals surface area contributed by atoms with Crippen molar-refractivity contribution in [2.45, 2.75) is 108 Å². The Morgan fingerprint density at radius 1 is 1.04 bits per heavy atom. The molecule has 0 amide bonds. The number of benzene rings is 1. The summed E-state index contributed by atoms with van der Waals surface area (Å²) in [6.45, 7) is 12.0. The van der Waals surface area contributed by atoms with Gasteiger partial charge in [-0.1, -0.05) is 77.1 Å². The smallest absolute Gasteiger partial charge is 0.346 e. The maximum atomic E-state index is 13.9. The van der Waals surface area contributed by atoms with Crippen molar-refractivity contribution in [3.63, 3.8) is 0 Å². The van der Waals surface area contributed by atoms with Crippen LogP contribution in [0, 0.1) is 17.8 Å². The molecule has 1 aromatic carbocycles. The van der Waals surface area contributed by atoms with Crippen LogP contribution < -0.4 is 0 Å². The number of Topliss-reactive ketones (excluding diaryl/α,β-unsaturated/α-hetero) is 1. The van der Waals surface area contributed by atoms with E-state index < -0.39 is 84.1 Å². The highest BCUT2D eigenvalue weighted by Crippen LogP contribution is 2.56. The molecule has 1 aromatic rings. The molecule has 2 heterocycles. The number of fused-ring (bicyclic) bond motifs is 2. The number of aliphatic hydroxyl groups is 2. The highest BCUT2D eigenvalue weighted by Gasteiger charge is 2.86. The van der Waals surface area contributed by atoms with Gasteiger partial charge in [0.05, 0.1) is 14.2 Å². The first kappa shape index (κ1) is 44.0. The standard InChI is InChI=1S/C39H52O15/c1-9-23(2)19-24(3)15-16-30(43)52-34-32(44)37(18-17-25(4)31(51-27(6)41)26(5)20-28-13-11-10-12-14-28)53-33(29(42)21-50-22-40)38(47,35(45)48-7)39(34,54-37)36(46)49-8/h10-16,22-24,26,31-34,44,47H,4,9,17-21H2,1-3,5-8H3/b16-15+/t23-,24+,26+,31+,32+,33+,34+,37+,38+,39+/m0/s1. The Bertz CT molecular complexity index is 1560. The second-order valence-corrected chi connectivity index (χ2v) is 14.0. The first-order chi connectivity index (χ1) is 25.5. The average molecular weight is 761 g/mol. The molecule has 0 aliphatic carbocycles. The van der Waals surface area contributed by atoms with Crippen LogP contribution >= 0.6 is 0 Å². The summed E-state index contributed by atoms with van der Waals surface area (Å²) in [5.41, 5.74) is -5.41. The number of ketones is 1. The number of methoxy groups -OCH3 is 2.